The molecule has 1 nitrogen and oxygen atoms in total. The number of hydrogen-bond acceptors (Lipinski definition) is 1. The Kier molecular flexibility index (Phi) is 2.14. The number of anilines is 2. The second-order valence-corrected chi connectivity index (χ2v) is 9.52. The van der Waals surface area contributed by atoms with Gasteiger partial charge in [-0.25, -0.2) is 0 Å². The zero-order valence-electron chi connectivity index (χ0n) is 14.9. The fraction of sp³-hybridized carbons (Fsp3) is 0.500. The fourth-order valence-corrected chi connectivity index (χ4v) is 8.89. The van der Waals surface area contributed by atoms with Crippen LogP contribution in [0.2, 0.25) is 0 Å². The lowest BCUT2D eigenvalue weighted by atomic mass is 9.26. The lowest BCUT2D eigenvalue weighted by Gasteiger charge is -2.77. The molecule has 4 saturated carbocycles. The van der Waals surface area contributed by atoms with E-state index in [4.69, 9.17) is 0 Å². The van der Waals surface area contributed by atoms with Crippen LogP contribution in [0.1, 0.15) is 38.2 Å². The average Bonchev–Trinajstić information content (AvgIpc) is 3.23. The zero-order chi connectivity index (χ0) is 16.4. The summed E-state index contributed by atoms with van der Waals surface area (Å²) < 4.78 is 0. The molecule has 1 heterocycles. The first-order valence-corrected chi connectivity index (χ1v) is 10.2. The van der Waals surface area contributed by atoms with Gasteiger partial charge in [-0.15, -0.1) is 0 Å². The van der Waals surface area contributed by atoms with Crippen LogP contribution in [-0.2, 0) is 5.41 Å². The summed E-state index contributed by atoms with van der Waals surface area (Å²) in [5.74, 6) is 4.03. The van der Waals surface area contributed by atoms with Gasteiger partial charge >= 0.3 is 0 Å². The van der Waals surface area contributed by atoms with E-state index in [-0.39, 0.29) is 0 Å². The van der Waals surface area contributed by atoms with Crippen molar-refractivity contribution in [1.82, 2.24) is 0 Å². The number of para-hydroxylation sites is 2. The third kappa shape index (κ3) is 1.17. The molecule has 7 atom stereocenters. The Hall–Kier alpha value is -1.76. The molecule has 126 valence electrons. The van der Waals surface area contributed by atoms with Crippen molar-refractivity contribution in [2.75, 3.05) is 4.90 Å². The molecule has 2 spiro atoms. The molecule has 2 aromatic carbocycles. The van der Waals surface area contributed by atoms with Crippen molar-refractivity contribution in [2.24, 2.45) is 29.1 Å². The highest BCUT2D eigenvalue weighted by Gasteiger charge is 2.85. The van der Waals surface area contributed by atoms with Gasteiger partial charge in [-0.05, 0) is 85.5 Å². The Morgan fingerprint density at radius 2 is 1.64 bits per heavy atom. The van der Waals surface area contributed by atoms with Gasteiger partial charge in [0.1, 0.15) is 0 Å². The minimum absolute atomic E-state index is 0.429. The molecule has 1 aliphatic heterocycles. The maximum absolute atomic E-state index is 2.67. The largest absolute Gasteiger partial charge is 0.337 e. The van der Waals surface area contributed by atoms with E-state index >= 15 is 0 Å². The smallest absolute Gasteiger partial charge is 0.0452 e. The summed E-state index contributed by atoms with van der Waals surface area (Å²) in [5, 5.41) is 0. The fourth-order valence-electron chi connectivity index (χ4n) is 8.89. The van der Waals surface area contributed by atoms with Crippen molar-refractivity contribution < 1.29 is 0 Å². The van der Waals surface area contributed by atoms with Crippen molar-refractivity contribution in [3.8, 4) is 0 Å². The lowest BCUT2D eigenvalue weighted by Crippen LogP contribution is -2.77. The van der Waals surface area contributed by atoms with Gasteiger partial charge in [-0.1, -0.05) is 36.4 Å². The van der Waals surface area contributed by atoms with Gasteiger partial charge in [-0.3, -0.25) is 0 Å². The average molecular weight is 327 g/mol. The quantitative estimate of drug-likeness (QED) is 0.665. The van der Waals surface area contributed by atoms with E-state index in [0.29, 0.717) is 11.5 Å². The van der Waals surface area contributed by atoms with Crippen LogP contribution in [0, 0.1) is 29.1 Å². The van der Waals surface area contributed by atoms with Crippen LogP contribution < -0.4 is 4.90 Å². The topological polar surface area (TPSA) is 3.24 Å². The SMILES string of the molecule is CC1N(c2ccccc2)c2ccccc2C12C1CC3CC4CC2C41C3. The summed E-state index contributed by atoms with van der Waals surface area (Å²) in [6.07, 6.45) is 6.14. The van der Waals surface area contributed by atoms with Gasteiger partial charge in [0, 0.05) is 22.8 Å². The Labute approximate surface area is 150 Å². The Morgan fingerprint density at radius 3 is 2.48 bits per heavy atom. The van der Waals surface area contributed by atoms with E-state index in [1.54, 1.807) is 18.4 Å². The van der Waals surface area contributed by atoms with Gasteiger partial charge in [0.15, 0.2) is 0 Å². The molecule has 2 aromatic rings. The minimum Gasteiger partial charge on any atom is -0.337 e. The monoisotopic (exact) mass is 327 g/mol. The highest BCUT2D eigenvalue weighted by atomic mass is 15.2. The van der Waals surface area contributed by atoms with Gasteiger partial charge < -0.3 is 4.90 Å². The van der Waals surface area contributed by atoms with Crippen molar-refractivity contribution in [3.05, 3.63) is 60.2 Å². The predicted octanol–water partition coefficient (Wildman–Crippen LogP) is 5.53. The first kappa shape index (κ1) is 13.4. The van der Waals surface area contributed by atoms with E-state index in [9.17, 15) is 0 Å². The number of rotatable bonds is 1. The van der Waals surface area contributed by atoms with Gasteiger partial charge in [0.2, 0.25) is 0 Å². The molecule has 0 amide bonds. The predicted molar refractivity (Wildman–Crippen MR) is 101 cm³/mol. The summed E-state index contributed by atoms with van der Waals surface area (Å²) in [6.45, 7) is 2.53. The molecule has 4 aliphatic carbocycles. The first-order chi connectivity index (χ1) is 12.3. The molecule has 0 radical (unpaired) electrons. The highest BCUT2D eigenvalue weighted by molar-refractivity contribution is 5.76. The maximum Gasteiger partial charge on any atom is 0.0452 e. The third-order valence-electron chi connectivity index (χ3n) is 9.30. The molecule has 0 N–H and O–H groups in total. The Morgan fingerprint density at radius 1 is 0.880 bits per heavy atom. The van der Waals surface area contributed by atoms with Crippen LogP contribution in [0.25, 0.3) is 0 Å². The first-order valence-electron chi connectivity index (χ1n) is 10.2. The Bertz CT molecular complexity index is 888. The maximum atomic E-state index is 2.67. The van der Waals surface area contributed by atoms with Crippen molar-refractivity contribution >= 4 is 11.4 Å². The standard InChI is InChI=1S/C24H25N/c1-15-24(21-12-16-11-17-13-22(24)23(17,21)14-16)19-9-5-6-10-20(19)25(15)18-7-3-2-4-8-18/h2-10,15-17,21-22H,11-14H2,1H3. The number of fused-ring (bicyclic) bond motifs is 5. The molecule has 5 aliphatic rings. The van der Waals surface area contributed by atoms with Crippen LogP contribution in [0.15, 0.2) is 54.6 Å². The third-order valence-corrected chi connectivity index (χ3v) is 9.30. The number of nitrogens with zero attached hydrogens (tertiary/aromatic N) is 1. The van der Waals surface area contributed by atoms with E-state index in [1.165, 1.54) is 24.2 Å². The molecular weight excluding hydrogens is 302 g/mol. The summed E-state index contributed by atoms with van der Waals surface area (Å²) in [6, 6.07) is 21.1. The van der Waals surface area contributed by atoms with Crippen LogP contribution >= 0.6 is 0 Å². The van der Waals surface area contributed by atoms with Crippen molar-refractivity contribution in [2.45, 2.75) is 44.1 Å². The summed E-state index contributed by atoms with van der Waals surface area (Å²) >= 11 is 0. The molecule has 2 bridgehead atoms. The number of benzene rings is 2. The molecule has 4 fully saturated rings. The summed E-state index contributed by atoms with van der Waals surface area (Å²) in [5.41, 5.74) is 5.73. The molecule has 7 unspecified atom stereocenters. The van der Waals surface area contributed by atoms with E-state index < -0.39 is 0 Å². The molecule has 25 heavy (non-hydrogen) atoms. The molecule has 7 rings (SSSR count). The highest BCUT2D eigenvalue weighted by Crippen LogP contribution is 2.89. The van der Waals surface area contributed by atoms with E-state index in [1.807, 2.05) is 0 Å². The van der Waals surface area contributed by atoms with Crippen LogP contribution in [0.4, 0.5) is 11.4 Å². The summed E-state index contributed by atoms with van der Waals surface area (Å²) in [4.78, 5) is 2.67. The van der Waals surface area contributed by atoms with Crippen LogP contribution in [0.5, 0.6) is 0 Å². The second kappa shape index (κ2) is 3.98. The van der Waals surface area contributed by atoms with E-state index in [2.05, 4.69) is 66.4 Å². The summed E-state index contributed by atoms with van der Waals surface area (Å²) in [7, 11) is 0. The van der Waals surface area contributed by atoms with E-state index in [0.717, 1.165) is 29.1 Å². The molecule has 0 aromatic heterocycles. The van der Waals surface area contributed by atoms with Gasteiger partial charge in [-0.2, -0.15) is 0 Å². The molecule has 0 saturated heterocycles. The lowest BCUT2D eigenvalue weighted by molar-refractivity contribution is -0.251. The number of hydrogen-bond donors (Lipinski definition) is 0. The van der Waals surface area contributed by atoms with Crippen molar-refractivity contribution in [1.29, 1.82) is 0 Å². The zero-order valence-corrected chi connectivity index (χ0v) is 14.9. The van der Waals surface area contributed by atoms with Gasteiger partial charge in [0.25, 0.3) is 0 Å². The molecule has 1 heteroatoms. The second-order valence-electron chi connectivity index (χ2n) is 9.52. The van der Waals surface area contributed by atoms with Crippen molar-refractivity contribution in [3.63, 3.8) is 0 Å². The van der Waals surface area contributed by atoms with Crippen LogP contribution in [-0.4, -0.2) is 6.04 Å². The Balaban J connectivity index is 1.45. The van der Waals surface area contributed by atoms with Crippen LogP contribution in [0.3, 0.4) is 0 Å². The molecular formula is C24H25N. The van der Waals surface area contributed by atoms with Gasteiger partial charge in [0.05, 0.1) is 0 Å². The normalized spacial score (nSPS) is 47.4. The minimum atomic E-state index is 0.429.